The lowest BCUT2D eigenvalue weighted by atomic mass is 10.1. The minimum atomic E-state index is -0.736. The fourth-order valence-electron chi connectivity index (χ4n) is 1.57. The van der Waals surface area contributed by atoms with E-state index in [0.29, 0.717) is 6.54 Å². The Morgan fingerprint density at radius 1 is 1.32 bits per heavy atom. The Morgan fingerprint density at radius 2 is 1.89 bits per heavy atom. The molecule has 19 heavy (non-hydrogen) atoms. The number of ether oxygens (including phenoxy) is 1. The van der Waals surface area contributed by atoms with Gasteiger partial charge in [0.1, 0.15) is 0 Å². The quantitative estimate of drug-likeness (QED) is 0.899. The van der Waals surface area contributed by atoms with Crippen LogP contribution in [0.1, 0.15) is 18.1 Å². The first kappa shape index (κ1) is 15.2. The molecule has 0 bridgehead atoms. The summed E-state index contributed by atoms with van der Waals surface area (Å²) in [5.74, 6) is -0.374. The van der Waals surface area contributed by atoms with E-state index in [0.717, 1.165) is 5.56 Å². The molecule has 1 N–H and O–H groups in total. The first-order chi connectivity index (χ1) is 8.93. The Balaban J connectivity index is 2.56. The maximum Gasteiger partial charge on any atom is 0.413 e. The summed E-state index contributed by atoms with van der Waals surface area (Å²) in [6.45, 7) is 4.41. The van der Waals surface area contributed by atoms with Crippen LogP contribution in [0.2, 0.25) is 0 Å². The minimum Gasteiger partial charge on any atom is -0.453 e. The van der Waals surface area contributed by atoms with Crippen molar-refractivity contribution in [2.24, 2.45) is 0 Å². The van der Waals surface area contributed by atoms with E-state index < -0.39 is 12.1 Å². The fourth-order valence-corrected chi connectivity index (χ4v) is 1.57. The maximum atomic E-state index is 11.7. The molecule has 0 saturated heterocycles. The lowest BCUT2D eigenvalue weighted by molar-refractivity contribution is -0.124. The van der Waals surface area contributed by atoms with Gasteiger partial charge in [0.05, 0.1) is 13.2 Å². The summed E-state index contributed by atoms with van der Waals surface area (Å²) >= 11 is 0. The molecule has 0 saturated carbocycles. The smallest absolute Gasteiger partial charge is 0.413 e. The zero-order chi connectivity index (χ0) is 14.4. The number of aryl methyl sites for hydroxylation is 1. The zero-order valence-electron chi connectivity index (χ0n) is 11.8. The maximum absolute atomic E-state index is 11.7. The van der Waals surface area contributed by atoms with Crippen molar-refractivity contribution in [3.05, 3.63) is 35.4 Å². The third-order valence-corrected chi connectivity index (χ3v) is 3.00. The van der Waals surface area contributed by atoms with Gasteiger partial charge in [-0.25, -0.2) is 4.79 Å². The van der Waals surface area contributed by atoms with Gasteiger partial charge in [-0.3, -0.25) is 15.0 Å². The summed E-state index contributed by atoms with van der Waals surface area (Å²) in [5, 5.41) is 2.16. The number of hydrogen-bond acceptors (Lipinski definition) is 4. The molecule has 2 amide bonds. The topological polar surface area (TPSA) is 58.6 Å². The summed E-state index contributed by atoms with van der Waals surface area (Å²) in [7, 11) is 3.06. The number of hydrogen-bond donors (Lipinski definition) is 1. The van der Waals surface area contributed by atoms with Crippen LogP contribution < -0.4 is 5.32 Å². The Hall–Kier alpha value is -1.88. The van der Waals surface area contributed by atoms with Gasteiger partial charge in [-0.1, -0.05) is 29.8 Å². The predicted octanol–water partition coefficient (Wildman–Crippen LogP) is 1.70. The van der Waals surface area contributed by atoms with Crippen LogP contribution in [0.5, 0.6) is 0 Å². The molecule has 0 radical (unpaired) electrons. The van der Waals surface area contributed by atoms with E-state index in [1.54, 1.807) is 6.92 Å². The van der Waals surface area contributed by atoms with E-state index in [2.05, 4.69) is 10.1 Å². The van der Waals surface area contributed by atoms with Crippen molar-refractivity contribution in [3.63, 3.8) is 0 Å². The lowest BCUT2D eigenvalue weighted by Gasteiger charge is -2.23. The van der Waals surface area contributed by atoms with E-state index in [4.69, 9.17) is 0 Å². The van der Waals surface area contributed by atoms with Crippen LogP contribution in [0.3, 0.4) is 0 Å². The number of carbonyl (C=O) groups excluding carboxylic acids is 2. The fraction of sp³-hybridized carbons (Fsp3) is 0.429. The standard InChI is InChI=1S/C14H20N2O3/c1-10-5-7-12(8-6-10)9-16(3)11(2)13(17)15-14(18)19-4/h5-8,11H,9H2,1-4H3,(H,15,17,18)/t11-/m0/s1. The molecule has 5 heteroatoms. The Morgan fingerprint density at radius 3 is 2.42 bits per heavy atom. The number of nitrogens with one attached hydrogen (secondary N) is 1. The number of rotatable bonds is 4. The highest BCUT2D eigenvalue weighted by Gasteiger charge is 2.20. The van der Waals surface area contributed by atoms with Crippen molar-refractivity contribution in [1.82, 2.24) is 10.2 Å². The number of alkyl carbamates (subject to hydrolysis) is 1. The number of nitrogens with zero attached hydrogens (tertiary/aromatic N) is 1. The number of imide groups is 1. The van der Waals surface area contributed by atoms with E-state index in [9.17, 15) is 9.59 Å². The van der Waals surface area contributed by atoms with Gasteiger partial charge >= 0.3 is 6.09 Å². The van der Waals surface area contributed by atoms with Crippen LogP contribution in [0, 0.1) is 6.92 Å². The number of benzene rings is 1. The average Bonchev–Trinajstić information content (AvgIpc) is 2.40. The van der Waals surface area contributed by atoms with Gasteiger partial charge in [0.25, 0.3) is 0 Å². The second kappa shape index (κ2) is 6.89. The van der Waals surface area contributed by atoms with Gasteiger partial charge < -0.3 is 4.74 Å². The van der Waals surface area contributed by atoms with Gasteiger partial charge in [0.15, 0.2) is 0 Å². The normalized spacial score (nSPS) is 12.1. The van der Waals surface area contributed by atoms with Crippen LogP contribution in [-0.4, -0.2) is 37.1 Å². The van der Waals surface area contributed by atoms with Crippen LogP contribution in [0.15, 0.2) is 24.3 Å². The molecule has 0 aliphatic heterocycles. The van der Waals surface area contributed by atoms with Gasteiger partial charge in [-0.15, -0.1) is 0 Å². The van der Waals surface area contributed by atoms with Gasteiger partial charge in [-0.05, 0) is 26.5 Å². The third-order valence-electron chi connectivity index (χ3n) is 3.00. The largest absolute Gasteiger partial charge is 0.453 e. The first-order valence-corrected chi connectivity index (χ1v) is 6.08. The van der Waals surface area contributed by atoms with Crippen LogP contribution in [0.4, 0.5) is 4.79 Å². The molecular formula is C14H20N2O3. The zero-order valence-corrected chi connectivity index (χ0v) is 11.8. The lowest BCUT2D eigenvalue weighted by Crippen LogP contribution is -2.45. The molecular weight excluding hydrogens is 244 g/mol. The van der Waals surface area contributed by atoms with E-state index in [1.807, 2.05) is 43.1 Å². The van der Waals surface area contributed by atoms with Crippen LogP contribution in [-0.2, 0) is 16.1 Å². The molecule has 0 heterocycles. The second-order valence-corrected chi connectivity index (χ2v) is 4.56. The summed E-state index contributed by atoms with van der Waals surface area (Å²) in [6, 6.07) is 7.69. The Kier molecular flexibility index (Phi) is 5.51. The second-order valence-electron chi connectivity index (χ2n) is 4.56. The SMILES string of the molecule is COC(=O)NC(=O)[C@H](C)N(C)Cc1ccc(C)cc1. The van der Waals surface area contributed by atoms with Crippen LogP contribution >= 0.6 is 0 Å². The molecule has 1 aromatic carbocycles. The molecule has 0 aliphatic rings. The number of amides is 2. The number of carbonyl (C=O) groups is 2. The first-order valence-electron chi connectivity index (χ1n) is 6.08. The van der Waals surface area contributed by atoms with E-state index in [1.165, 1.54) is 12.7 Å². The molecule has 0 spiro atoms. The Bertz CT molecular complexity index is 443. The summed E-state index contributed by atoms with van der Waals surface area (Å²) < 4.78 is 4.39. The number of likely N-dealkylation sites (N-methyl/N-ethyl adjacent to an activating group) is 1. The molecule has 1 atom stereocenters. The summed E-state index contributed by atoms with van der Waals surface area (Å²) in [4.78, 5) is 24.6. The van der Waals surface area contributed by atoms with Gasteiger partial charge in [-0.2, -0.15) is 0 Å². The average molecular weight is 264 g/mol. The molecule has 104 valence electrons. The van der Waals surface area contributed by atoms with Crippen molar-refractivity contribution >= 4 is 12.0 Å². The van der Waals surface area contributed by atoms with Gasteiger partial charge in [0.2, 0.25) is 5.91 Å². The van der Waals surface area contributed by atoms with Gasteiger partial charge in [0, 0.05) is 6.54 Å². The monoisotopic (exact) mass is 264 g/mol. The molecule has 0 aliphatic carbocycles. The molecule has 1 aromatic rings. The van der Waals surface area contributed by atoms with E-state index in [-0.39, 0.29) is 5.91 Å². The predicted molar refractivity (Wildman–Crippen MR) is 72.7 cm³/mol. The highest BCUT2D eigenvalue weighted by Crippen LogP contribution is 2.08. The molecule has 5 nitrogen and oxygen atoms in total. The van der Waals surface area contributed by atoms with Crippen molar-refractivity contribution in [3.8, 4) is 0 Å². The summed E-state index contributed by atoms with van der Waals surface area (Å²) in [6.07, 6.45) is -0.736. The van der Waals surface area contributed by atoms with Crippen LogP contribution in [0.25, 0.3) is 0 Å². The molecule has 0 unspecified atom stereocenters. The van der Waals surface area contributed by atoms with E-state index >= 15 is 0 Å². The van der Waals surface area contributed by atoms with Crippen molar-refractivity contribution in [2.75, 3.05) is 14.2 Å². The van der Waals surface area contributed by atoms with Crippen molar-refractivity contribution < 1.29 is 14.3 Å². The Labute approximate surface area is 113 Å². The minimum absolute atomic E-state index is 0.374. The highest BCUT2D eigenvalue weighted by atomic mass is 16.5. The highest BCUT2D eigenvalue weighted by molar-refractivity contribution is 5.94. The summed E-state index contributed by atoms with van der Waals surface area (Å²) in [5.41, 5.74) is 2.31. The number of methoxy groups -OCH3 is 1. The van der Waals surface area contributed by atoms with Crippen molar-refractivity contribution in [1.29, 1.82) is 0 Å². The molecule has 1 rings (SSSR count). The molecule has 0 aromatic heterocycles. The third kappa shape index (κ3) is 4.71. The molecule has 0 fully saturated rings. The van der Waals surface area contributed by atoms with Crippen molar-refractivity contribution in [2.45, 2.75) is 26.4 Å².